The van der Waals surface area contributed by atoms with E-state index >= 15 is 0 Å². The van der Waals surface area contributed by atoms with Crippen LogP contribution in [0.3, 0.4) is 0 Å². The van der Waals surface area contributed by atoms with Crippen molar-refractivity contribution in [3.63, 3.8) is 0 Å². The molecule has 0 spiro atoms. The maximum atomic E-state index is 2.36. The third-order valence-corrected chi connectivity index (χ3v) is 2.86. The normalized spacial score (nSPS) is 11.4. The van der Waals surface area contributed by atoms with Crippen molar-refractivity contribution in [1.82, 2.24) is 4.57 Å². The Balaban J connectivity index is 2.08. The van der Waals surface area contributed by atoms with Gasteiger partial charge in [-0.1, -0.05) is 32.0 Å². The van der Waals surface area contributed by atoms with Gasteiger partial charge in [0.05, 0.1) is 0 Å². The number of aromatic nitrogens is 1. The molecule has 0 aliphatic heterocycles. The van der Waals surface area contributed by atoms with E-state index in [1.807, 2.05) is 0 Å². The monoisotopic (exact) mass is 201 g/mol. The highest BCUT2D eigenvalue weighted by atomic mass is 14.9. The lowest BCUT2D eigenvalue weighted by atomic mass is 10.1. The number of fused-ring (bicyclic) bond motifs is 1. The largest absolute Gasteiger partial charge is 0.347 e. The molecular formula is C14H19N. The van der Waals surface area contributed by atoms with Crippen LogP contribution in [-0.4, -0.2) is 4.57 Å². The fourth-order valence-electron chi connectivity index (χ4n) is 2.01. The molecular weight excluding hydrogens is 182 g/mol. The maximum Gasteiger partial charge on any atom is 0.0480 e. The molecule has 0 radical (unpaired) electrons. The Labute approximate surface area is 91.7 Å². The van der Waals surface area contributed by atoms with Crippen LogP contribution in [0.25, 0.3) is 10.9 Å². The summed E-state index contributed by atoms with van der Waals surface area (Å²) < 4.78 is 2.36. The topological polar surface area (TPSA) is 4.93 Å². The smallest absolute Gasteiger partial charge is 0.0480 e. The van der Waals surface area contributed by atoms with Crippen molar-refractivity contribution in [2.75, 3.05) is 0 Å². The molecule has 0 amide bonds. The van der Waals surface area contributed by atoms with E-state index in [1.54, 1.807) is 0 Å². The van der Waals surface area contributed by atoms with Crippen molar-refractivity contribution in [2.45, 2.75) is 33.2 Å². The van der Waals surface area contributed by atoms with Crippen LogP contribution in [0, 0.1) is 5.92 Å². The molecule has 0 atom stereocenters. The van der Waals surface area contributed by atoms with E-state index in [-0.39, 0.29) is 0 Å². The zero-order valence-corrected chi connectivity index (χ0v) is 9.61. The molecule has 1 heterocycles. The van der Waals surface area contributed by atoms with Gasteiger partial charge in [0.2, 0.25) is 0 Å². The average Bonchev–Trinajstić information content (AvgIpc) is 2.62. The lowest BCUT2D eigenvalue weighted by Gasteiger charge is -2.07. The number of benzene rings is 1. The van der Waals surface area contributed by atoms with Crippen molar-refractivity contribution in [3.05, 3.63) is 36.5 Å². The number of hydrogen-bond donors (Lipinski definition) is 0. The summed E-state index contributed by atoms with van der Waals surface area (Å²) in [6, 6.07) is 10.8. The first-order chi connectivity index (χ1) is 7.27. The van der Waals surface area contributed by atoms with Gasteiger partial charge in [0, 0.05) is 18.3 Å². The second-order valence-corrected chi connectivity index (χ2v) is 4.60. The van der Waals surface area contributed by atoms with Gasteiger partial charge >= 0.3 is 0 Å². The number of hydrogen-bond acceptors (Lipinski definition) is 0. The van der Waals surface area contributed by atoms with Gasteiger partial charge in [-0.05, 0) is 36.3 Å². The summed E-state index contributed by atoms with van der Waals surface area (Å²) in [4.78, 5) is 0. The van der Waals surface area contributed by atoms with Gasteiger partial charge in [0.25, 0.3) is 0 Å². The summed E-state index contributed by atoms with van der Waals surface area (Å²) >= 11 is 0. The van der Waals surface area contributed by atoms with Crippen LogP contribution in [0.2, 0.25) is 0 Å². The molecule has 0 bridgehead atoms. The highest BCUT2D eigenvalue weighted by Crippen LogP contribution is 2.16. The van der Waals surface area contributed by atoms with Crippen LogP contribution < -0.4 is 0 Å². The predicted octanol–water partition coefficient (Wildman–Crippen LogP) is 4.08. The van der Waals surface area contributed by atoms with E-state index in [0.717, 1.165) is 12.5 Å². The zero-order chi connectivity index (χ0) is 10.7. The van der Waals surface area contributed by atoms with Gasteiger partial charge in [-0.3, -0.25) is 0 Å². The first-order valence-electron chi connectivity index (χ1n) is 5.81. The summed E-state index contributed by atoms with van der Waals surface area (Å²) in [6.45, 7) is 5.72. The maximum absolute atomic E-state index is 2.36. The quantitative estimate of drug-likeness (QED) is 0.702. The van der Waals surface area contributed by atoms with Crippen molar-refractivity contribution >= 4 is 10.9 Å². The molecule has 1 nitrogen and oxygen atoms in total. The van der Waals surface area contributed by atoms with E-state index < -0.39 is 0 Å². The summed E-state index contributed by atoms with van der Waals surface area (Å²) in [5, 5.41) is 1.35. The predicted molar refractivity (Wildman–Crippen MR) is 66.0 cm³/mol. The van der Waals surface area contributed by atoms with E-state index in [0.29, 0.717) is 0 Å². The highest BCUT2D eigenvalue weighted by Gasteiger charge is 2.00. The third kappa shape index (κ3) is 2.41. The van der Waals surface area contributed by atoms with E-state index in [1.165, 1.54) is 23.7 Å². The van der Waals surface area contributed by atoms with Crippen molar-refractivity contribution < 1.29 is 0 Å². The molecule has 15 heavy (non-hydrogen) atoms. The van der Waals surface area contributed by atoms with Gasteiger partial charge < -0.3 is 4.57 Å². The van der Waals surface area contributed by atoms with Crippen LogP contribution in [0.1, 0.15) is 26.7 Å². The van der Waals surface area contributed by atoms with E-state index in [4.69, 9.17) is 0 Å². The fraction of sp³-hybridized carbons (Fsp3) is 0.429. The Bertz CT molecular complexity index is 426. The molecule has 0 aliphatic carbocycles. The highest BCUT2D eigenvalue weighted by molar-refractivity contribution is 5.79. The molecule has 1 aromatic heterocycles. The van der Waals surface area contributed by atoms with Crippen molar-refractivity contribution in [2.24, 2.45) is 5.92 Å². The van der Waals surface area contributed by atoms with E-state index in [9.17, 15) is 0 Å². The Kier molecular flexibility index (Phi) is 3.10. The molecule has 1 heteroatoms. The number of aryl methyl sites for hydroxylation is 1. The SMILES string of the molecule is CC(C)CCCn1ccc2ccccc21. The van der Waals surface area contributed by atoms with Crippen LogP contribution >= 0.6 is 0 Å². The van der Waals surface area contributed by atoms with Crippen LogP contribution in [0.4, 0.5) is 0 Å². The Morgan fingerprint density at radius 2 is 1.93 bits per heavy atom. The van der Waals surface area contributed by atoms with E-state index in [2.05, 4.69) is 54.9 Å². The minimum absolute atomic E-state index is 0.812. The van der Waals surface area contributed by atoms with Gasteiger partial charge in [0.1, 0.15) is 0 Å². The number of rotatable bonds is 4. The second-order valence-electron chi connectivity index (χ2n) is 4.60. The fourth-order valence-corrected chi connectivity index (χ4v) is 2.01. The Hall–Kier alpha value is -1.24. The average molecular weight is 201 g/mol. The lowest BCUT2D eigenvalue weighted by molar-refractivity contribution is 0.518. The molecule has 0 aliphatic rings. The summed E-state index contributed by atoms with van der Waals surface area (Å²) in [7, 11) is 0. The molecule has 0 N–H and O–H groups in total. The van der Waals surface area contributed by atoms with Gasteiger partial charge in [0.15, 0.2) is 0 Å². The molecule has 2 rings (SSSR count). The van der Waals surface area contributed by atoms with Crippen molar-refractivity contribution in [3.8, 4) is 0 Å². The Morgan fingerprint density at radius 3 is 2.73 bits per heavy atom. The lowest BCUT2D eigenvalue weighted by Crippen LogP contribution is -1.97. The zero-order valence-electron chi connectivity index (χ0n) is 9.61. The molecule has 0 saturated carbocycles. The van der Waals surface area contributed by atoms with Crippen LogP contribution in [0.15, 0.2) is 36.5 Å². The first kappa shape index (κ1) is 10.3. The minimum atomic E-state index is 0.812. The third-order valence-electron chi connectivity index (χ3n) is 2.86. The molecule has 0 unspecified atom stereocenters. The van der Waals surface area contributed by atoms with Crippen LogP contribution in [-0.2, 0) is 6.54 Å². The number of nitrogens with zero attached hydrogens (tertiary/aromatic N) is 1. The molecule has 1 aromatic carbocycles. The molecule has 0 fully saturated rings. The summed E-state index contributed by atoms with van der Waals surface area (Å²) in [6.07, 6.45) is 4.79. The standard InChI is InChI=1S/C14H19N/c1-12(2)6-5-10-15-11-9-13-7-3-4-8-14(13)15/h3-4,7-9,11-12H,5-6,10H2,1-2H3. The number of para-hydroxylation sites is 1. The molecule has 0 saturated heterocycles. The summed E-state index contributed by atoms with van der Waals surface area (Å²) in [5.74, 6) is 0.812. The molecule has 80 valence electrons. The van der Waals surface area contributed by atoms with Crippen LogP contribution in [0.5, 0.6) is 0 Å². The van der Waals surface area contributed by atoms with Gasteiger partial charge in [-0.15, -0.1) is 0 Å². The van der Waals surface area contributed by atoms with Gasteiger partial charge in [-0.25, -0.2) is 0 Å². The molecule has 2 aromatic rings. The van der Waals surface area contributed by atoms with Crippen molar-refractivity contribution in [1.29, 1.82) is 0 Å². The Morgan fingerprint density at radius 1 is 1.13 bits per heavy atom. The first-order valence-corrected chi connectivity index (χ1v) is 5.81. The summed E-state index contributed by atoms with van der Waals surface area (Å²) in [5.41, 5.74) is 1.36. The van der Waals surface area contributed by atoms with Gasteiger partial charge in [-0.2, -0.15) is 0 Å². The second kappa shape index (κ2) is 4.52. The minimum Gasteiger partial charge on any atom is -0.347 e.